The predicted octanol–water partition coefficient (Wildman–Crippen LogP) is -1.22. The molecule has 9 heavy (non-hydrogen) atoms. The number of likely N-dealkylation sites (N-methyl/N-ethyl adjacent to an activating group) is 1. The molecule has 0 aliphatic carbocycles. The molecule has 0 aromatic rings. The lowest BCUT2D eigenvalue weighted by molar-refractivity contribution is 0.426. The topological polar surface area (TPSA) is 53.3 Å². The zero-order valence-electron chi connectivity index (χ0n) is 5.52. The standard InChI is InChI=1S/C5H12N4/c1-9-4-7-2-5(9)3-8-6/h2,7-8H,3-4,6H2,1H3. The first-order valence-corrected chi connectivity index (χ1v) is 2.91. The molecule has 0 unspecified atom stereocenters. The van der Waals surface area contributed by atoms with Gasteiger partial charge in [0, 0.05) is 18.9 Å². The molecule has 52 valence electrons. The van der Waals surface area contributed by atoms with Gasteiger partial charge in [-0.1, -0.05) is 0 Å². The van der Waals surface area contributed by atoms with E-state index in [-0.39, 0.29) is 0 Å². The number of hydrogen-bond acceptors (Lipinski definition) is 4. The van der Waals surface area contributed by atoms with Gasteiger partial charge >= 0.3 is 0 Å². The summed E-state index contributed by atoms with van der Waals surface area (Å²) in [4.78, 5) is 2.10. The SMILES string of the molecule is CN1CNC=C1CNN. The van der Waals surface area contributed by atoms with Crippen molar-refractivity contribution in [2.45, 2.75) is 0 Å². The smallest absolute Gasteiger partial charge is 0.0867 e. The molecule has 0 spiro atoms. The summed E-state index contributed by atoms with van der Waals surface area (Å²) in [5.74, 6) is 5.13. The van der Waals surface area contributed by atoms with Gasteiger partial charge in [0.25, 0.3) is 0 Å². The Balaban J connectivity index is 2.38. The predicted molar refractivity (Wildman–Crippen MR) is 36.0 cm³/mol. The molecule has 0 atom stereocenters. The Labute approximate surface area is 54.7 Å². The molecule has 4 heteroatoms. The Morgan fingerprint density at radius 1 is 2.00 bits per heavy atom. The highest BCUT2D eigenvalue weighted by molar-refractivity contribution is 5.05. The molecular formula is C5H12N4. The lowest BCUT2D eigenvalue weighted by Gasteiger charge is -2.13. The first-order chi connectivity index (χ1) is 4.34. The fourth-order valence-corrected chi connectivity index (χ4v) is 0.803. The quantitative estimate of drug-likeness (QED) is 0.322. The average molecular weight is 128 g/mol. The number of hydrazine groups is 1. The van der Waals surface area contributed by atoms with E-state index in [9.17, 15) is 0 Å². The highest BCUT2D eigenvalue weighted by Crippen LogP contribution is 2.01. The normalized spacial score (nSPS) is 17.6. The van der Waals surface area contributed by atoms with Crippen molar-refractivity contribution in [3.8, 4) is 0 Å². The third-order valence-electron chi connectivity index (χ3n) is 1.37. The molecule has 0 aromatic carbocycles. The molecule has 0 bridgehead atoms. The minimum atomic E-state index is 0.726. The van der Waals surface area contributed by atoms with E-state index in [1.807, 2.05) is 13.2 Å². The van der Waals surface area contributed by atoms with Crippen LogP contribution in [0.2, 0.25) is 0 Å². The van der Waals surface area contributed by atoms with E-state index in [1.165, 1.54) is 5.70 Å². The van der Waals surface area contributed by atoms with Crippen LogP contribution in [0.3, 0.4) is 0 Å². The number of nitrogens with two attached hydrogens (primary N) is 1. The summed E-state index contributed by atoms with van der Waals surface area (Å²) in [5.41, 5.74) is 3.78. The van der Waals surface area contributed by atoms with Gasteiger partial charge in [-0.3, -0.25) is 11.3 Å². The van der Waals surface area contributed by atoms with Crippen LogP contribution < -0.4 is 16.6 Å². The lowest BCUT2D eigenvalue weighted by atomic mass is 10.4. The molecule has 1 aliphatic heterocycles. The Morgan fingerprint density at radius 3 is 3.22 bits per heavy atom. The maximum Gasteiger partial charge on any atom is 0.0867 e. The molecule has 0 aromatic heterocycles. The van der Waals surface area contributed by atoms with E-state index < -0.39 is 0 Å². The molecule has 4 N–H and O–H groups in total. The minimum absolute atomic E-state index is 0.726. The Morgan fingerprint density at radius 2 is 2.78 bits per heavy atom. The molecule has 0 radical (unpaired) electrons. The van der Waals surface area contributed by atoms with Crippen LogP contribution in [0.25, 0.3) is 0 Å². The van der Waals surface area contributed by atoms with Gasteiger partial charge in [0.15, 0.2) is 0 Å². The van der Waals surface area contributed by atoms with Crippen LogP contribution in [0.5, 0.6) is 0 Å². The first kappa shape index (κ1) is 6.38. The number of hydrogen-bond donors (Lipinski definition) is 3. The van der Waals surface area contributed by atoms with Crippen molar-refractivity contribution >= 4 is 0 Å². The monoisotopic (exact) mass is 128 g/mol. The van der Waals surface area contributed by atoms with Gasteiger partial charge in [-0.05, 0) is 0 Å². The molecule has 4 nitrogen and oxygen atoms in total. The van der Waals surface area contributed by atoms with Crippen LogP contribution in [0.4, 0.5) is 0 Å². The highest BCUT2D eigenvalue weighted by atomic mass is 15.3. The fourth-order valence-electron chi connectivity index (χ4n) is 0.803. The largest absolute Gasteiger partial charge is 0.372 e. The number of nitrogens with zero attached hydrogens (tertiary/aromatic N) is 1. The van der Waals surface area contributed by atoms with Crippen LogP contribution in [0, 0.1) is 0 Å². The Bertz CT molecular complexity index is 120. The molecule has 1 rings (SSSR count). The van der Waals surface area contributed by atoms with Gasteiger partial charge in [0.2, 0.25) is 0 Å². The summed E-state index contributed by atoms with van der Waals surface area (Å²) >= 11 is 0. The van der Waals surface area contributed by atoms with E-state index in [4.69, 9.17) is 5.84 Å². The van der Waals surface area contributed by atoms with Crippen LogP contribution >= 0.6 is 0 Å². The van der Waals surface area contributed by atoms with Gasteiger partial charge in [-0.25, -0.2) is 0 Å². The second-order valence-electron chi connectivity index (χ2n) is 2.08. The minimum Gasteiger partial charge on any atom is -0.372 e. The van der Waals surface area contributed by atoms with Crippen LogP contribution in [-0.4, -0.2) is 25.2 Å². The van der Waals surface area contributed by atoms with Gasteiger partial charge < -0.3 is 10.2 Å². The maximum atomic E-state index is 5.13. The van der Waals surface area contributed by atoms with Crippen LogP contribution in [0.15, 0.2) is 11.9 Å². The third-order valence-corrected chi connectivity index (χ3v) is 1.37. The lowest BCUT2D eigenvalue weighted by Crippen LogP contribution is -2.29. The summed E-state index contributed by atoms with van der Waals surface area (Å²) < 4.78 is 0. The molecule has 0 fully saturated rings. The Hall–Kier alpha value is -0.740. The summed E-state index contributed by atoms with van der Waals surface area (Å²) in [7, 11) is 2.02. The fraction of sp³-hybridized carbons (Fsp3) is 0.600. The Kier molecular flexibility index (Phi) is 1.92. The summed E-state index contributed by atoms with van der Waals surface area (Å²) in [5, 5.41) is 3.08. The first-order valence-electron chi connectivity index (χ1n) is 2.91. The van der Waals surface area contributed by atoms with Crippen LogP contribution in [-0.2, 0) is 0 Å². The highest BCUT2D eigenvalue weighted by Gasteiger charge is 2.07. The van der Waals surface area contributed by atoms with Crippen molar-refractivity contribution in [3.05, 3.63) is 11.9 Å². The third kappa shape index (κ3) is 1.34. The summed E-state index contributed by atoms with van der Waals surface area (Å²) in [6, 6.07) is 0. The van der Waals surface area contributed by atoms with Crippen molar-refractivity contribution in [1.82, 2.24) is 15.6 Å². The van der Waals surface area contributed by atoms with Gasteiger partial charge in [-0.15, -0.1) is 0 Å². The second kappa shape index (κ2) is 2.70. The van der Waals surface area contributed by atoms with E-state index in [2.05, 4.69) is 15.6 Å². The van der Waals surface area contributed by atoms with E-state index in [0.717, 1.165) is 13.2 Å². The zero-order chi connectivity index (χ0) is 6.69. The van der Waals surface area contributed by atoms with Crippen molar-refractivity contribution in [3.63, 3.8) is 0 Å². The molecular weight excluding hydrogens is 116 g/mol. The van der Waals surface area contributed by atoms with E-state index in [1.54, 1.807) is 0 Å². The van der Waals surface area contributed by atoms with E-state index >= 15 is 0 Å². The molecule has 0 saturated heterocycles. The average Bonchev–Trinajstić information content (AvgIpc) is 2.18. The summed E-state index contributed by atoms with van der Waals surface area (Å²) in [6.45, 7) is 1.61. The molecule has 0 saturated carbocycles. The van der Waals surface area contributed by atoms with E-state index in [0.29, 0.717) is 0 Å². The summed E-state index contributed by atoms with van der Waals surface area (Å²) in [6.07, 6.45) is 1.96. The molecule has 1 heterocycles. The van der Waals surface area contributed by atoms with Crippen LogP contribution in [0.1, 0.15) is 0 Å². The second-order valence-corrected chi connectivity index (χ2v) is 2.08. The number of rotatable bonds is 2. The molecule has 1 aliphatic rings. The maximum absolute atomic E-state index is 5.13. The van der Waals surface area contributed by atoms with Crippen molar-refractivity contribution in [2.75, 3.05) is 20.3 Å². The van der Waals surface area contributed by atoms with Crippen molar-refractivity contribution in [2.24, 2.45) is 5.84 Å². The zero-order valence-corrected chi connectivity index (χ0v) is 5.52. The van der Waals surface area contributed by atoms with Gasteiger partial charge in [-0.2, -0.15) is 0 Å². The number of nitrogens with one attached hydrogen (secondary N) is 2. The van der Waals surface area contributed by atoms with Gasteiger partial charge in [0.1, 0.15) is 0 Å². The molecule has 0 amide bonds. The van der Waals surface area contributed by atoms with Crippen molar-refractivity contribution in [1.29, 1.82) is 0 Å². The van der Waals surface area contributed by atoms with Crippen molar-refractivity contribution < 1.29 is 0 Å². The van der Waals surface area contributed by atoms with Gasteiger partial charge in [0.05, 0.1) is 13.2 Å².